The van der Waals surface area contributed by atoms with Crippen LogP contribution in [0.3, 0.4) is 0 Å². The number of nitrogens with one attached hydrogen (secondary N) is 2. The van der Waals surface area contributed by atoms with Crippen LogP contribution in [0.15, 0.2) is 4.99 Å². The lowest BCUT2D eigenvalue weighted by Gasteiger charge is -2.30. The molecule has 2 fully saturated rings. The number of hydrogen-bond acceptors (Lipinski definition) is 3. The Labute approximate surface area is 133 Å². The summed E-state index contributed by atoms with van der Waals surface area (Å²) in [7, 11) is 0. The van der Waals surface area contributed by atoms with Gasteiger partial charge in [0.2, 0.25) is 0 Å². The molecule has 4 atom stereocenters. The average molecular weight is 314 g/mol. The van der Waals surface area contributed by atoms with E-state index in [-0.39, 0.29) is 6.10 Å². The van der Waals surface area contributed by atoms with E-state index >= 15 is 0 Å². The maximum absolute atomic E-state index is 9.91. The summed E-state index contributed by atoms with van der Waals surface area (Å²) in [5.41, 5.74) is 0. The summed E-state index contributed by atoms with van der Waals surface area (Å²) in [5, 5.41) is 17.7. The van der Waals surface area contributed by atoms with Crippen LogP contribution in [0.4, 0.5) is 0 Å². The van der Waals surface area contributed by atoms with E-state index in [1.165, 1.54) is 25.7 Å². The normalized spacial score (nSPS) is 34.0. The van der Waals surface area contributed by atoms with Crippen LogP contribution in [0.25, 0.3) is 0 Å². The zero-order valence-electron chi connectivity index (χ0n) is 13.5. The summed E-state index contributed by atoms with van der Waals surface area (Å²) in [5.74, 6) is 1.29. The van der Waals surface area contributed by atoms with Gasteiger partial charge < -0.3 is 15.7 Å². The van der Waals surface area contributed by atoms with Crippen molar-refractivity contribution in [1.29, 1.82) is 0 Å². The Morgan fingerprint density at radius 1 is 1.24 bits per heavy atom. The maximum Gasteiger partial charge on any atom is 0.191 e. The van der Waals surface area contributed by atoms with Crippen molar-refractivity contribution >= 4 is 17.7 Å². The fourth-order valence-corrected chi connectivity index (χ4v) is 4.27. The average Bonchev–Trinajstić information content (AvgIpc) is 2.90. The van der Waals surface area contributed by atoms with Crippen molar-refractivity contribution in [1.82, 2.24) is 10.6 Å². The minimum atomic E-state index is -0.146. The molecule has 0 aromatic rings. The quantitative estimate of drug-likeness (QED) is 0.539. The molecule has 0 saturated heterocycles. The van der Waals surface area contributed by atoms with Gasteiger partial charge >= 0.3 is 0 Å². The molecule has 0 bridgehead atoms. The highest BCUT2D eigenvalue weighted by Crippen LogP contribution is 2.27. The van der Waals surface area contributed by atoms with E-state index in [1.807, 2.05) is 11.8 Å². The van der Waals surface area contributed by atoms with Crippen LogP contribution in [0.5, 0.6) is 0 Å². The second-order valence-corrected chi connectivity index (χ2v) is 7.48. The zero-order valence-corrected chi connectivity index (χ0v) is 14.3. The third kappa shape index (κ3) is 5.37. The Hall–Kier alpha value is -0.420. The Balaban J connectivity index is 1.85. The molecule has 2 saturated carbocycles. The predicted octanol–water partition coefficient (Wildman–Crippen LogP) is 2.38. The van der Waals surface area contributed by atoms with E-state index < -0.39 is 0 Å². The van der Waals surface area contributed by atoms with E-state index in [1.54, 1.807) is 0 Å². The highest BCUT2D eigenvalue weighted by molar-refractivity contribution is 7.99. The molecule has 2 rings (SSSR count). The molecule has 21 heavy (non-hydrogen) atoms. The van der Waals surface area contributed by atoms with Gasteiger partial charge in [0.25, 0.3) is 0 Å². The van der Waals surface area contributed by atoms with Gasteiger partial charge in [-0.2, -0.15) is 11.8 Å². The summed E-state index contributed by atoms with van der Waals surface area (Å²) < 4.78 is 0. The van der Waals surface area contributed by atoms with E-state index in [9.17, 15) is 5.11 Å². The van der Waals surface area contributed by atoms with Gasteiger partial charge in [-0.25, -0.2) is 0 Å². The van der Waals surface area contributed by atoms with Crippen LogP contribution in [0.2, 0.25) is 0 Å². The van der Waals surface area contributed by atoms with Crippen LogP contribution in [0, 0.1) is 5.92 Å². The molecule has 0 radical (unpaired) electrons. The highest BCUT2D eigenvalue weighted by Gasteiger charge is 2.25. The van der Waals surface area contributed by atoms with Crippen LogP contribution in [0.1, 0.15) is 51.9 Å². The molecule has 2 aliphatic rings. The van der Waals surface area contributed by atoms with Crippen molar-refractivity contribution in [3.63, 3.8) is 0 Å². The lowest BCUT2D eigenvalue weighted by Crippen LogP contribution is -2.46. The van der Waals surface area contributed by atoms with Crippen molar-refractivity contribution in [2.24, 2.45) is 10.9 Å². The number of aliphatic hydroxyl groups is 1. The Morgan fingerprint density at radius 2 is 2.05 bits per heavy atom. The molecule has 0 aromatic carbocycles. The van der Waals surface area contributed by atoms with Crippen LogP contribution < -0.4 is 10.6 Å². The molecule has 0 heterocycles. The lowest BCUT2D eigenvalue weighted by atomic mass is 9.95. The van der Waals surface area contributed by atoms with Crippen LogP contribution in [-0.4, -0.2) is 47.8 Å². The molecule has 5 heteroatoms. The third-order valence-electron chi connectivity index (χ3n) is 4.75. The largest absolute Gasteiger partial charge is 0.393 e. The van der Waals surface area contributed by atoms with Crippen molar-refractivity contribution < 1.29 is 5.11 Å². The molecule has 0 amide bonds. The smallest absolute Gasteiger partial charge is 0.191 e. The number of aliphatic hydroxyl groups excluding tert-OH is 1. The fraction of sp³-hybridized carbons (Fsp3) is 0.938. The van der Waals surface area contributed by atoms with Crippen molar-refractivity contribution in [3.05, 3.63) is 0 Å². The van der Waals surface area contributed by atoms with Crippen LogP contribution in [-0.2, 0) is 0 Å². The lowest BCUT2D eigenvalue weighted by molar-refractivity contribution is 0.136. The molecule has 3 N–H and O–H groups in total. The first-order chi connectivity index (χ1) is 10.2. The molecule has 2 aliphatic carbocycles. The first kappa shape index (κ1) is 16.9. The minimum absolute atomic E-state index is 0.146. The highest BCUT2D eigenvalue weighted by atomic mass is 32.2. The van der Waals surface area contributed by atoms with Gasteiger partial charge in [0.1, 0.15) is 0 Å². The van der Waals surface area contributed by atoms with Gasteiger partial charge in [-0.15, -0.1) is 0 Å². The number of nitrogens with zero attached hydrogens (tertiary/aromatic N) is 1. The van der Waals surface area contributed by atoms with E-state index in [4.69, 9.17) is 4.99 Å². The Kier molecular flexibility index (Phi) is 7.17. The first-order valence-electron chi connectivity index (χ1n) is 8.48. The number of thioether (sulfide) groups is 1. The van der Waals surface area contributed by atoms with Gasteiger partial charge in [-0.1, -0.05) is 12.8 Å². The van der Waals surface area contributed by atoms with Gasteiger partial charge in [0, 0.05) is 30.3 Å². The monoisotopic (exact) mass is 313 g/mol. The summed E-state index contributed by atoms with van der Waals surface area (Å²) in [6, 6.07) is 0.544. The fourth-order valence-electron chi connectivity index (χ4n) is 3.44. The number of guanidine groups is 1. The molecular weight excluding hydrogens is 282 g/mol. The van der Waals surface area contributed by atoms with E-state index in [0.29, 0.717) is 12.0 Å². The number of rotatable bonds is 5. The number of aliphatic imine (C=N–C) groups is 1. The standard InChI is InChI=1S/C16H31N3OS/c1-3-17-16(18-11-12-6-4-9-15(12)20)19-13-7-5-8-14(10-13)21-2/h12-15,20H,3-11H2,1-2H3,(H2,17,18,19). The van der Waals surface area contributed by atoms with Gasteiger partial charge in [0.15, 0.2) is 5.96 Å². The Bertz CT molecular complexity index is 337. The molecule has 0 aromatic heterocycles. The van der Waals surface area contributed by atoms with E-state index in [2.05, 4.69) is 23.8 Å². The van der Waals surface area contributed by atoms with E-state index in [0.717, 1.165) is 43.6 Å². The maximum atomic E-state index is 9.91. The van der Waals surface area contributed by atoms with Gasteiger partial charge in [-0.05, 0) is 45.3 Å². The van der Waals surface area contributed by atoms with Gasteiger partial charge in [0.05, 0.1) is 6.10 Å². The van der Waals surface area contributed by atoms with Gasteiger partial charge in [-0.3, -0.25) is 4.99 Å². The second-order valence-electron chi connectivity index (χ2n) is 6.34. The molecule has 122 valence electrons. The molecule has 4 nitrogen and oxygen atoms in total. The summed E-state index contributed by atoms with van der Waals surface area (Å²) in [6.45, 7) is 3.74. The summed E-state index contributed by atoms with van der Waals surface area (Å²) in [4.78, 5) is 4.72. The number of hydrogen-bond donors (Lipinski definition) is 3. The summed E-state index contributed by atoms with van der Waals surface area (Å²) in [6.07, 6.45) is 10.4. The third-order valence-corrected chi connectivity index (χ3v) is 5.84. The molecule has 0 spiro atoms. The first-order valence-corrected chi connectivity index (χ1v) is 9.77. The van der Waals surface area contributed by atoms with Crippen molar-refractivity contribution in [3.8, 4) is 0 Å². The van der Waals surface area contributed by atoms with Crippen LogP contribution >= 0.6 is 11.8 Å². The predicted molar refractivity (Wildman–Crippen MR) is 92.0 cm³/mol. The van der Waals surface area contributed by atoms with Crippen molar-refractivity contribution in [2.45, 2.75) is 69.3 Å². The molecule has 0 aliphatic heterocycles. The second kappa shape index (κ2) is 8.89. The molecular formula is C16H31N3OS. The summed E-state index contributed by atoms with van der Waals surface area (Å²) >= 11 is 1.99. The molecule has 4 unspecified atom stereocenters. The zero-order chi connectivity index (χ0) is 15.1. The topological polar surface area (TPSA) is 56.7 Å². The SMILES string of the molecule is CCNC(=NCC1CCCC1O)NC1CCCC(SC)C1. The Morgan fingerprint density at radius 3 is 2.71 bits per heavy atom. The van der Waals surface area contributed by atoms with Crippen molar-refractivity contribution in [2.75, 3.05) is 19.3 Å². The minimum Gasteiger partial charge on any atom is -0.393 e.